The number of hydrogen-bond acceptors (Lipinski definition) is 30. The van der Waals surface area contributed by atoms with E-state index in [4.69, 9.17) is 52.1 Å². The molecule has 8 atom stereocenters. The number of methoxy groups -OCH3 is 4. The van der Waals surface area contributed by atoms with Gasteiger partial charge < -0.3 is 123 Å². The van der Waals surface area contributed by atoms with Crippen molar-refractivity contribution in [1.29, 1.82) is 0 Å². The molecule has 7 heterocycles. The van der Waals surface area contributed by atoms with E-state index in [0.717, 1.165) is 0 Å². The van der Waals surface area contributed by atoms with Crippen molar-refractivity contribution >= 4 is 94.7 Å². The van der Waals surface area contributed by atoms with Crippen LogP contribution in [0.2, 0.25) is 0 Å². The Morgan fingerprint density at radius 2 is 0.664 bits per heavy atom. The zero-order valence-corrected chi connectivity index (χ0v) is 66.7. The fourth-order valence-electron chi connectivity index (χ4n) is 13.2. The van der Waals surface area contributed by atoms with Crippen LogP contribution in [0.3, 0.4) is 0 Å². The van der Waals surface area contributed by atoms with Crippen LogP contribution in [0, 0.1) is 29.1 Å². The van der Waals surface area contributed by atoms with Crippen LogP contribution < -0.4 is 31.9 Å². The SMILES string of the molecule is COC(=O)C1CC(=O)N(CCNC(=O)CCN(CCNC(=O)CCN(CCSCC(O)COCC(COCC2CO2)(COCC2CO2)COCC2CO2)CCC(=O)NCCN(CCC(=O)NCCN2CC(C(=O)OC)CC2=O)CCC(=O)NCCN2CC(C(=O)OC)CC2=O)CCC(=O)NCCN2CC(C(=O)OC)CC2=O)C1. The number of epoxide rings is 3. The van der Waals surface area contributed by atoms with Crippen molar-refractivity contribution in [1.82, 2.24) is 66.2 Å². The Hall–Kier alpha value is -7.51. The van der Waals surface area contributed by atoms with Crippen LogP contribution in [0.25, 0.3) is 0 Å². The first kappa shape index (κ1) is 92.7. The summed E-state index contributed by atoms with van der Waals surface area (Å²) in [4.78, 5) is 190. The average Bonchev–Trinajstić information content (AvgIpc) is 1.82. The maximum absolute atomic E-state index is 13.8. The van der Waals surface area contributed by atoms with E-state index in [1.54, 1.807) is 0 Å². The molecule has 638 valence electrons. The van der Waals surface area contributed by atoms with Gasteiger partial charge in [-0.15, -0.1) is 0 Å². The molecule has 10 amide bonds. The van der Waals surface area contributed by atoms with E-state index in [0.29, 0.717) is 51.9 Å². The molecule has 39 nitrogen and oxygen atoms in total. The number of carbonyl (C=O) groups is 14. The number of esters is 4. The van der Waals surface area contributed by atoms with E-state index >= 15 is 0 Å². The van der Waals surface area contributed by atoms with Crippen LogP contribution in [0.4, 0.5) is 0 Å². The van der Waals surface area contributed by atoms with Gasteiger partial charge in [0.1, 0.15) is 18.3 Å². The molecule has 40 heteroatoms. The van der Waals surface area contributed by atoms with Gasteiger partial charge in [0.15, 0.2) is 0 Å². The third-order valence-corrected chi connectivity index (χ3v) is 21.3. The lowest BCUT2D eigenvalue weighted by Gasteiger charge is -2.33. The summed E-state index contributed by atoms with van der Waals surface area (Å²) in [5.41, 5.74) is -0.712. The number of aliphatic hydroxyl groups is 1. The minimum atomic E-state index is -0.881. The Bertz CT molecular complexity index is 2780. The van der Waals surface area contributed by atoms with Crippen LogP contribution in [0.1, 0.15) is 64.2 Å². The largest absolute Gasteiger partial charge is 0.469 e. The number of rotatable bonds is 61. The Kier molecular flexibility index (Phi) is 41.1. The molecule has 0 aromatic heterocycles. The molecular weight excluding hydrogens is 1510 g/mol. The molecular formula is C73H119N13O26S. The lowest BCUT2D eigenvalue weighted by Crippen LogP contribution is -2.43. The first-order chi connectivity index (χ1) is 54.4. The predicted molar refractivity (Wildman–Crippen MR) is 400 cm³/mol. The molecule has 0 saturated carbocycles. The maximum Gasteiger partial charge on any atom is 0.310 e. The number of thioether (sulfide) groups is 1. The zero-order chi connectivity index (χ0) is 81.5. The number of aliphatic hydroxyl groups excluding tert-OH is 1. The highest BCUT2D eigenvalue weighted by molar-refractivity contribution is 7.99. The van der Waals surface area contributed by atoms with E-state index in [-0.39, 0.29) is 324 Å². The van der Waals surface area contributed by atoms with E-state index in [2.05, 4.69) is 31.9 Å². The quantitative estimate of drug-likeness (QED) is 0.0129. The van der Waals surface area contributed by atoms with Crippen molar-refractivity contribution in [3.63, 3.8) is 0 Å². The summed E-state index contributed by atoms with van der Waals surface area (Å²) in [6.07, 6.45) is -0.684. The van der Waals surface area contributed by atoms with Crippen molar-refractivity contribution < 1.29 is 124 Å². The van der Waals surface area contributed by atoms with Crippen molar-refractivity contribution in [2.45, 2.75) is 88.6 Å². The average molecular weight is 1630 g/mol. The van der Waals surface area contributed by atoms with Crippen LogP contribution in [0.5, 0.6) is 0 Å². The topological polar surface area (TPSA) is 465 Å². The van der Waals surface area contributed by atoms with E-state index in [1.165, 1.54) is 59.8 Å². The van der Waals surface area contributed by atoms with Gasteiger partial charge in [0.25, 0.3) is 0 Å². The summed E-state index contributed by atoms with van der Waals surface area (Å²) in [6.45, 7) is 8.29. The smallest absolute Gasteiger partial charge is 0.310 e. The molecule has 0 radical (unpaired) electrons. The standard InChI is InChI=1S/C73H119N13O26S/c1-102-69(98)51-31-65(94)83(35-51)25-13-76-61(90)5-17-80(18-6-62(91)77-14-26-84-36-52(32-66(84)95)70(99)103-2)23-11-74-59(88)9-21-82(29-30-113-46-55(87)39-106-47-73(48-107-40-56-43-110-56,49-108-41-57-44-111-57)50-109-42-58-45-112-58)22-10-60(89)75-12-24-81(19-7-63(92)78-15-27-85-37-53(33-67(85)96)71(100)104-3)20-8-64(93)79-16-28-86-38-54(34-68(86)97)72(101)105-4/h51-58,87H,5-50H2,1-4H3,(H,74,88)(H,75,89)(H,76,90)(H,77,91)(H,78,92)(H,79,93). The number of nitrogens with one attached hydrogen (secondary N) is 6. The van der Waals surface area contributed by atoms with E-state index < -0.39 is 59.1 Å². The first-order valence-corrected chi connectivity index (χ1v) is 40.2. The molecule has 0 aliphatic carbocycles. The normalized spacial score (nSPS) is 21.2. The first-order valence-electron chi connectivity index (χ1n) is 39.1. The van der Waals surface area contributed by atoms with Gasteiger partial charge in [0, 0.05) is 226 Å². The fraction of sp³-hybridized carbons (Fsp3) is 0.808. The van der Waals surface area contributed by atoms with Gasteiger partial charge in [-0.25, -0.2) is 0 Å². The van der Waals surface area contributed by atoms with Gasteiger partial charge in [-0.3, -0.25) is 67.1 Å². The molecule has 0 bridgehead atoms. The van der Waals surface area contributed by atoms with Crippen LogP contribution in [-0.4, -0.2) is 410 Å². The number of amides is 10. The minimum absolute atomic E-state index is 0.00132. The monoisotopic (exact) mass is 1630 g/mol. The van der Waals surface area contributed by atoms with Gasteiger partial charge in [-0.05, 0) is 0 Å². The number of hydrogen-bond donors (Lipinski definition) is 7. The molecule has 7 fully saturated rings. The third kappa shape index (κ3) is 36.0. The number of nitrogens with zero attached hydrogens (tertiary/aromatic N) is 7. The van der Waals surface area contributed by atoms with E-state index in [9.17, 15) is 72.2 Å². The zero-order valence-electron chi connectivity index (χ0n) is 65.8. The van der Waals surface area contributed by atoms with Crippen LogP contribution in [0.15, 0.2) is 0 Å². The van der Waals surface area contributed by atoms with Gasteiger partial charge in [0.2, 0.25) is 59.1 Å². The summed E-state index contributed by atoms with van der Waals surface area (Å²) in [5, 5.41) is 28.4. The number of likely N-dealkylation sites (tertiary alicyclic amines) is 4. The molecule has 113 heavy (non-hydrogen) atoms. The summed E-state index contributed by atoms with van der Waals surface area (Å²) in [7, 11) is 5.03. The number of carbonyl (C=O) groups excluding carboxylic acids is 14. The van der Waals surface area contributed by atoms with E-state index in [1.807, 2.05) is 14.7 Å². The van der Waals surface area contributed by atoms with Crippen molar-refractivity contribution in [2.75, 3.05) is 263 Å². The highest BCUT2D eigenvalue weighted by Gasteiger charge is 2.40. The highest BCUT2D eigenvalue weighted by Crippen LogP contribution is 2.26. The fourth-order valence-corrected chi connectivity index (χ4v) is 14.1. The van der Waals surface area contributed by atoms with Crippen molar-refractivity contribution in [2.24, 2.45) is 29.1 Å². The summed E-state index contributed by atoms with van der Waals surface area (Å²) >= 11 is 1.46. The highest BCUT2D eigenvalue weighted by atomic mass is 32.2. The second-order valence-electron chi connectivity index (χ2n) is 29.3. The molecule has 7 aliphatic heterocycles. The van der Waals surface area contributed by atoms with Gasteiger partial charge in [0.05, 0.1) is 136 Å². The molecule has 7 saturated heterocycles. The summed E-state index contributed by atoms with van der Waals surface area (Å²) < 4.78 is 59.7. The lowest BCUT2D eigenvalue weighted by molar-refractivity contribution is -0.145. The van der Waals surface area contributed by atoms with Gasteiger partial charge >= 0.3 is 23.9 Å². The third-order valence-electron chi connectivity index (χ3n) is 20.2. The minimum Gasteiger partial charge on any atom is -0.469 e. The van der Waals surface area contributed by atoms with Gasteiger partial charge in [-0.2, -0.15) is 11.8 Å². The molecule has 0 aromatic carbocycles. The van der Waals surface area contributed by atoms with Crippen LogP contribution in [-0.2, 0) is 119 Å². The molecule has 0 aromatic rings. The Balaban J connectivity index is 0.926. The Morgan fingerprint density at radius 3 is 0.929 bits per heavy atom. The molecule has 8 unspecified atom stereocenters. The maximum atomic E-state index is 13.8. The Morgan fingerprint density at radius 1 is 0.407 bits per heavy atom. The summed E-state index contributed by atoms with van der Waals surface area (Å²) in [6, 6.07) is 0. The predicted octanol–water partition coefficient (Wildman–Crippen LogP) is -5.64. The molecule has 7 N–H and O–H groups in total. The van der Waals surface area contributed by atoms with Gasteiger partial charge in [-0.1, -0.05) is 0 Å². The van der Waals surface area contributed by atoms with Crippen molar-refractivity contribution in [3.05, 3.63) is 0 Å². The molecule has 0 spiro atoms. The lowest BCUT2D eigenvalue weighted by atomic mass is 9.92. The summed E-state index contributed by atoms with van der Waals surface area (Å²) in [5.74, 6) is -6.38. The molecule has 7 rings (SSSR count). The van der Waals surface area contributed by atoms with Crippen LogP contribution >= 0.6 is 11.8 Å². The molecule has 7 aliphatic rings. The van der Waals surface area contributed by atoms with Crippen molar-refractivity contribution in [3.8, 4) is 0 Å². The number of ether oxygens (including phenoxy) is 11. The Labute approximate surface area is 663 Å². The second kappa shape index (κ2) is 50.1. The second-order valence-corrected chi connectivity index (χ2v) is 30.5.